The van der Waals surface area contributed by atoms with Crippen LogP contribution < -0.4 is 5.73 Å². The fourth-order valence-corrected chi connectivity index (χ4v) is 5.02. The van der Waals surface area contributed by atoms with Gasteiger partial charge in [-0.3, -0.25) is 0 Å². The van der Waals surface area contributed by atoms with Gasteiger partial charge in [-0.15, -0.1) is 0 Å². The first-order valence-corrected chi connectivity index (χ1v) is 11.0. The maximum absolute atomic E-state index is 13.5. The highest BCUT2D eigenvalue weighted by Gasteiger charge is 2.30. The Morgan fingerprint density at radius 3 is 2.52 bits per heavy atom. The molecule has 3 heterocycles. The molecule has 0 spiro atoms. The van der Waals surface area contributed by atoms with E-state index in [4.69, 9.17) is 21.8 Å². The number of sulfone groups is 1. The van der Waals surface area contributed by atoms with Crippen molar-refractivity contribution in [3.8, 4) is 0 Å². The van der Waals surface area contributed by atoms with Gasteiger partial charge in [-0.05, 0) is 42.5 Å². The van der Waals surface area contributed by atoms with Gasteiger partial charge in [0.25, 0.3) is 0 Å². The summed E-state index contributed by atoms with van der Waals surface area (Å²) in [4.78, 5) is 8.93. The van der Waals surface area contributed by atoms with Gasteiger partial charge in [0, 0.05) is 5.02 Å². The molecule has 0 radical (unpaired) electrons. The molecule has 2 aromatic carbocycles. The van der Waals surface area contributed by atoms with Crippen LogP contribution in [0.5, 0.6) is 0 Å². The monoisotopic (exact) mass is 451 g/mol. The van der Waals surface area contributed by atoms with Gasteiger partial charge < -0.3 is 10.2 Å². The second kappa shape index (κ2) is 7.22. The van der Waals surface area contributed by atoms with Crippen molar-refractivity contribution in [2.45, 2.75) is 9.79 Å². The highest BCUT2D eigenvalue weighted by Crippen LogP contribution is 2.35. The van der Waals surface area contributed by atoms with E-state index in [1.54, 1.807) is 42.5 Å². The molecule has 31 heavy (non-hydrogen) atoms. The molecule has 2 N–H and O–H groups in total. The lowest BCUT2D eigenvalue weighted by Gasteiger charge is -2.05. The Morgan fingerprint density at radius 2 is 1.81 bits per heavy atom. The zero-order valence-electron chi connectivity index (χ0n) is 15.8. The van der Waals surface area contributed by atoms with Gasteiger partial charge in [-0.1, -0.05) is 29.8 Å². The third-order valence-corrected chi connectivity index (χ3v) is 6.70. The molecule has 0 aliphatic carbocycles. The quantitative estimate of drug-likeness (QED) is 0.410. The van der Waals surface area contributed by atoms with Crippen molar-refractivity contribution in [2.24, 2.45) is 5.10 Å². The standard InChI is InChI=1S/C21H14ClN5O3S/c22-13-5-3-7-15(11-13)31(28,29)19-18-21(26-17-9-2-1-8-16(17)25-18)27(20(19)23)24-12-14-6-4-10-30-14/h1-12H,23H2/b24-12+. The van der Waals surface area contributed by atoms with E-state index in [2.05, 4.69) is 15.1 Å². The zero-order valence-corrected chi connectivity index (χ0v) is 17.4. The summed E-state index contributed by atoms with van der Waals surface area (Å²) in [5, 5.41) is 4.60. The van der Waals surface area contributed by atoms with E-state index in [0.717, 1.165) is 0 Å². The summed E-state index contributed by atoms with van der Waals surface area (Å²) in [5.74, 6) is 0.349. The number of aromatic nitrogens is 3. The van der Waals surface area contributed by atoms with Gasteiger partial charge in [0.15, 0.2) is 5.65 Å². The zero-order chi connectivity index (χ0) is 21.6. The first-order valence-electron chi connectivity index (χ1n) is 9.10. The first kappa shape index (κ1) is 19.3. The van der Waals surface area contributed by atoms with Crippen molar-refractivity contribution in [3.05, 3.63) is 77.7 Å². The highest BCUT2D eigenvalue weighted by molar-refractivity contribution is 7.92. The smallest absolute Gasteiger partial charge is 0.212 e. The number of halogens is 1. The van der Waals surface area contributed by atoms with Crippen molar-refractivity contribution >= 4 is 55.7 Å². The second-order valence-corrected chi connectivity index (χ2v) is 8.95. The number of hydrogen-bond donors (Lipinski definition) is 1. The molecule has 8 nitrogen and oxygen atoms in total. The van der Waals surface area contributed by atoms with E-state index in [1.165, 1.54) is 29.3 Å². The third kappa shape index (κ3) is 3.24. The fourth-order valence-electron chi connectivity index (χ4n) is 3.24. The van der Waals surface area contributed by atoms with Crippen molar-refractivity contribution in [1.29, 1.82) is 0 Å². The summed E-state index contributed by atoms with van der Waals surface area (Å²) in [6.07, 6.45) is 2.92. The average Bonchev–Trinajstić information content (AvgIpc) is 3.36. The lowest BCUT2D eigenvalue weighted by atomic mass is 10.3. The maximum atomic E-state index is 13.5. The van der Waals surface area contributed by atoms with Crippen LogP contribution in [-0.4, -0.2) is 29.3 Å². The van der Waals surface area contributed by atoms with Crippen molar-refractivity contribution in [3.63, 3.8) is 0 Å². The number of nitrogens with zero attached hydrogens (tertiary/aromatic N) is 4. The average molecular weight is 452 g/mol. The minimum Gasteiger partial charge on any atom is -0.463 e. The number of nitrogen functional groups attached to an aromatic ring is 1. The number of anilines is 1. The molecule has 0 amide bonds. The molecule has 0 bridgehead atoms. The Hall–Kier alpha value is -3.69. The summed E-state index contributed by atoms with van der Waals surface area (Å²) in [6, 6.07) is 16.5. The van der Waals surface area contributed by atoms with Gasteiger partial charge in [-0.2, -0.15) is 9.78 Å². The molecule has 0 saturated heterocycles. The Balaban J connectivity index is 1.83. The van der Waals surface area contributed by atoms with Gasteiger partial charge in [0.2, 0.25) is 9.84 Å². The minimum absolute atomic E-state index is 0.00396. The largest absolute Gasteiger partial charge is 0.463 e. The summed E-state index contributed by atoms with van der Waals surface area (Å²) < 4.78 is 33.5. The summed E-state index contributed by atoms with van der Waals surface area (Å²) in [7, 11) is -4.07. The number of fused-ring (bicyclic) bond motifs is 2. The number of para-hydroxylation sites is 2. The number of hydrogen-bond acceptors (Lipinski definition) is 7. The third-order valence-electron chi connectivity index (χ3n) is 4.65. The van der Waals surface area contributed by atoms with Crippen LogP contribution in [0.4, 0.5) is 5.82 Å². The van der Waals surface area contributed by atoms with Crippen LogP contribution in [0, 0.1) is 0 Å². The topological polar surface area (TPSA) is 116 Å². The number of furan rings is 1. The van der Waals surface area contributed by atoms with Crippen molar-refractivity contribution in [2.75, 3.05) is 5.73 Å². The van der Waals surface area contributed by atoms with Gasteiger partial charge >= 0.3 is 0 Å². The maximum Gasteiger partial charge on any atom is 0.212 e. The molecule has 154 valence electrons. The Kier molecular flexibility index (Phi) is 4.49. The van der Waals surface area contributed by atoms with Crippen LogP contribution in [-0.2, 0) is 9.84 Å². The fraction of sp³-hybridized carbons (Fsp3) is 0. The van der Waals surface area contributed by atoms with Crippen LogP contribution in [0.15, 0.2) is 86.2 Å². The summed E-state index contributed by atoms with van der Waals surface area (Å²) >= 11 is 6.02. The lowest BCUT2D eigenvalue weighted by Crippen LogP contribution is -2.06. The predicted molar refractivity (Wildman–Crippen MR) is 118 cm³/mol. The van der Waals surface area contributed by atoms with E-state index in [-0.39, 0.29) is 31.8 Å². The van der Waals surface area contributed by atoms with Gasteiger partial charge in [-0.25, -0.2) is 18.4 Å². The SMILES string of the molecule is Nc1c(S(=O)(=O)c2cccc(Cl)c2)c2nc3ccccc3nc2n1/N=C/c1ccco1. The predicted octanol–water partition coefficient (Wildman–Crippen LogP) is 4.13. The van der Waals surface area contributed by atoms with E-state index >= 15 is 0 Å². The number of rotatable bonds is 4. The Labute approximate surface area is 181 Å². The minimum atomic E-state index is -4.07. The molecule has 0 saturated carbocycles. The van der Waals surface area contributed by atoms with Crippen LogP contribution in [0.3, 0.4) is 0 Å². The summed E-state index contributed by atoms with van der Waals surface area (Å²) in [6.45, 7) is 0. The van der Waals surface area contributed by atoms with E-state index in [0.29, 0.717) is 16.8 Å². The molecule has 5 rings (SSSR count). The molecule has 0 aliphatic heterocycles. The first-order chi connectivity index (χ1) is 14.9. The van der Waals surface area contributed by atoms with Crippen LogP contribution in [0.1, 0.15) is 5.76 Å². The van der Waals surface area contributed by atoms with Crippen LogP contribution in [0.25, 0.3) is 22.2 Å². The molecular formula is C21H14ClN5O3S. The number of nitrogens with two attached hydrogens (primary N) is 1. The van der Waals surface area contributed by atoms with E-state index < -0.39 is 9.84 Å². The van der Waals surface area contributed by atoms with E-state index in [9.17, 15) is 8.42 Å². The molecule has 0 atom stereocenters. The molecule has 0 aliphatic rings. The molecule has 0 fully saturated rings. The van der Waals surface area contributed by atoms with Crippen molar-refractivity contribution in [1.82, 2.24) is 14.6 Å². The van der Waals surface area contributed by atoms with Crippen LogP contribution >= 0.6 is 11.6 Å². The van der Waals surface area contributed by atoms with Crippen molar-refractivity contribution < 1.29 is 12.8 Å². The summed E-state index contributed by atoms with van der Waals surface area (Å²) in [5.41, 5.74) is 7.74. The molecule has 0 unspecified atom stereocenters. The molecule has 10 heteroatoms. The lowest BCUT2D eigenvalue weighted by molar-refractivity contribution is 0.559. The Morgan fingerprint density at radius 1 is 1.03 bits per heavy atom. The van der Waals surface area contributed by atoms with Gasteiger partial charge in [0.1, 0.15) is 22.0 Å². The number of benzene rings is 2. The normalized spacial score (nSPS) is 12.3. The van der Waals surface area contributed by atoms with Crippen LogP contribution in [0.2, 0.25) is 5.02 Å². The molecule has 3 aromatic heterocycles. The second-order valence-electron chi connectivity index (χ2n) is 6.63. The molecule has 5 aromatic rings. The highest BCUT2D eigenvalue weighted by atomic mass is 35.5. The Bertz CT molecular complexity index is 1570. The van der Waals surface area contributed by atoms with E-state index in [1.807, 2.05) is 6.07 Å². The molecular weight excluding hydrogens is 438 g/mol. The van der Waals surface area contributed by atoms with Gasteiger partial charge in [0.05, 0.1) is 28.4 Å².